The molecule has 108 valence electrons. The first-order chi connectivity index (χ1) is 8.69. The zero-order valence-electron chi connectivity index (χ0n) is 11.0. The molecule has 1 heterocycles. The van der Waals surface area contributed by atoms with Crippen molar-refractivity contribution in [1.29, 1.82) is 0 Å². The monoisotopic (exact) mass is 278 g/mol. The number of halogens is 3. The van der Waals surface area contributed by atoms with Crippen LogP contribution in [0.1, 0.15) is 30.0 Å². The van der Waals surface area contributed by atoms with Gasteiger partial charge in [0.2, 0.25) is 5.91 Å². The molecule has 0 aliphatic heterocycles. The summed E-state index contributed by atoms with van der Waals surface area (Å²) in [6.45, 7) is 3.75. The van der Waals surface area contributed by atoms with Gasteiger partial charge in [-0.15, -0.1) is 0 Å². The van der Waals surface area contributed by atoms with E-state index in [1.807, 2.05) is 5.32 Å². The fourth-order valence-electron chi connectivity index (χ4n) is 1.77. The average molecular weight is 278 g/mol. The maximum Gasteiger partial charge on any atom is 0.401 e. The number of nitrogens with one attached hydrogen (secondary N) is 2. The van der Waals surface area contributed by atoms with Crippen LogP contribution in [0.15, 0.2) is 10.5 Å². The summed E-state index contributed by atoms with van der Waals surface area (Å²) < 4.78 is 41.0. The van der Waals surface area contributed by atoms with Gasteiger partial charge >= 0.3 is 6.18 Å². The predicted molar refractivity (Wildman–Crippen MR) is 63.7 cm³/mol. The van der Waals surface area contributed by atoms with Crippen molar-refractivity contribution in [1.82, 2.24) is 10.6 Å². The Balaban J connectivity index is 2.42. The van der Waals surface area contributed by atoms with Gasteiger partial charge in [0, 0.05) is 5.56 Å². The van der Waals surface area contributed by atoms with Crippen LogP contribution >= 0.6 is 0 Å². The van der Waals surface area contributed by atoms with E-state index >= 15 is 0 Å². The van der Waals surface area contributed by atoms with Crippen LogP contribution < -0.4 is 10.6 Å². The molecule has 0 aliphatic rings. The zero-order chi connectivity index (χ0) is 14.6. The quantitative estimate of drug-likeness (QED) is 0.868. The van der Waals surface area contributed by atoms with Crippen LogP contribution in [-0.2, 0) is 4.79 Å². The van der Waals surface area contributed by atoms with Crippen molar-refractivity contribution in [2.24, 2.45) is 0 Å². The molecule has 0 saturated heterocycles. The van der Waals surface area contributed by atoms with E-state index in [-0.39, 0.29) is 12.6 Å². The van der Waals surface area contributed by atoms with Gasteiger partial charge < -0.3 is 15.1 Å². The summed E-state index contributed by atoms with van der Waals surface area (Å²) in [5, 5.41) is 4.65. The topological polar surface area (TPSA) is 54.3 Å². The van der Waals surface area contributed by atoms with Crippen molar-refractivity contribution < 1.29 is 22.4 Å². The Bertz CT molecular complexity index is 441. The molecule has 1 aromatic heterocycles. The fraction of sp³-hybridized carbons (Fsp3) is 0.583. The maximum atomic E-state index is 11.9. The summed E-state index contributed by atoms with van der Waals surface area (Å²) in [4.78, 5) is 11.5. The molecule has 1 rings (SSSR count). The van der Waals surface area contributed by atoms with Gasteiger partial charge in [-0.1, -0.05) is 0 Å². The molecular weight excluding hydrogens is 261 g/mol. The lowest BCUT2D eigenvalue weighted by Crippen LogP contribution is -2.39. The smallest absolute Gasteiger partial charge is 0.401 e. The van der Waals surface area contributed by atoms with Gasteiger partial charge in [-0.25, -0.2) is 0 Å². The Morgan fingerprint density at radius 1 is 1.42 bits per heavy atom. The molecule has 1 atom stereocenters. The van der Waals surface area contributed by atoms with Crippen molar-refractivity contribution in [3.8, 4) is 0 Å². The van der Waals surface area contributed by atoms with E-state index in [0.717, 1.165) is 11.3 Å². The Hall–Kier alpha value is -1.50. The van der Waals surface area contributed by atoms with E-state index in [9.17, 15) is 18.0 Å². The molecular formula is C12H17F3N2O2. The van der Waals surface area contributed by atoms with Crippen molar-refractivity contribution >= 4 is 5.91 Å². The highest BCUT2D eigenvalue weighted by Gasteiger charge is 2.26. The van der Waals surface area contributed by atoms with Crippen molar-refractivity contribution in [3.05, 3.63) is 23.2 Å². The van der Waals surface area contributed by atoms with E-state index in [1.165, 1.54) is 0 Å². The molecule has 1 amide bonds. The SMILES string of the molecule is Cc1cc(C(C)NC(=O)CNCC(F)(F)F)c(C)o1. The highest BCUT2D eigenvalue weighted by molar-refractivity contribution is 5.78. The number of rotatable bonds is 5. The van der Waals surface area contributed by atoms with E-state index in [2.05, 4.69) is 5.32 Å². The number of furan rings is 1. The number of amides is 1. The molecule has 0 aromatic carbocycles. The maximum absolute atomic E-state index is 11.9. The molecule has 0 saturated carbocycles. The Morgan fingerprint density at radius 2 is 2.05 bits per heavy atom. The van der Waals surface area contributed by atoms with Crippen LogP contribution in [0.2, 0.25) is 0 Å². The van der Waals surface area contributed by atoms with Crippen LogP contribution in [0, 0.1) is 13.8 Å². The number of carbonyl (C=O) groups excluding carboxylic acids is 1. The summed E-state index contributed by atoms with van der Waals surface area (Å²) in [5.74, 6) is 0.923. The van der Waals surface area contributed by atoms with Crippen LogP contribution in [0.5, 0.6) is 0 Å². The summed E-state index contributed by atoms with van der Waals surface area (Å²) in [7, 11) is 0. The first-order valence-corrected chi connectivity index (χ1v) is 5.83. The molecule has 2 N–H and O–H groups in total. The molecule has 0 bridgehead atoms. The Labute approximate surface area is 109 Å². The number of aryl methyl sites for hydroxylation is 2. The second kappa shape index (κ2) is 6.10. The highest BCUT2D eigenvalue weighted by Crippen LogP contribution is 2.20. The van der Waals surface area contributed by atoms with Gasteiger partial charge in [-0.2, -0.15) is 13.2 Å². The predicted octanol–water partition coefficient (Wildman–Crippen LogP) is 2.23. The first kappa shape index (κ1) is 15.6. The van der Waals surface area contributed by atoms with Gasteiger partial charge in [0.15, 0.2) is 0 Å². The number of hydrogen-bond donors (Lipinski definition) is 2. The van der Waals surface area contributed by atoms with Crippen molar-refractivity contribution in [3.63, 3.8) is 0 Å². The number of hydrogen-bond acceptors (Lipinski definition) is 3. The molecule has 0 radical (unpaired) electrons. The molecule has 0 aliphatic carbocycles. The molecule has 0 fully saturated rings. The van der Waals surface area contributed by atoms with Crippen LogP contribution in [0.4, 0.5) is 13.2 Å². The number of carbonyl (C=O) groups is 1. The van der Waals surface area contributed by atoms with Gasteiger partial charge in [0.05, 0.1) is 19.1 Å². The van der Waals surface area contributed by atoms with Gasteiger partial charge in [-0.3, -0.25) is 4.79 Å². The van der Waals surface area contributed by atoms with E-state index in [4.69, 9.17) is 4.42 Å². The first-order valence-electron chi connectivity index (χ1n) is 5.83. The second-order valence-electron chi connectivity index (χ2n) is 4.38. The third-order valence-corrected chi connectivity index (χ3v) is 2.53. The number of alkyl halides is 3. The molecule has 1 unspecified atom stereocenters. The minimum atomic E-state index is -4.32. The van der Waals surface area contributed by atoms with Gasteiger partial charge in [-0.05, 0) is 26.8 Å². The zero-order valence-corrected chi connectivity index (χ0v) is 11.0. The van der Waals surface area contributed by atoms with Crippen molar-refractivity contribution in [2.75, 3.05) is 13.1 Å². The molecule has 1 aromatic rings. The highest BCUT2D eigenvalue weighted by atomic mass is 19.4. The Morgan fingerprint density at radius 3 is 2.53 bits per heavy atom. The standard InChI is InChI=1S/C12H17F3N2O2/c1-7-4-10(9(3)19-7)8(2)17-11(18)5-16-6-12(13,14)15/h4,8,16H,5-6H2,1-3H3,(H,17,18). The lowest BCUT2D eigenvalue weighted by Gasteiger charge is -2.14. The lowest BCUT2D eigenvalue weighted by molar-refractivity contribution is -0.128. The average Bonchev–Trinajstić information content (AvgIpc) is 2.55. The minimum absolute atomic E-state index is 0.308. The minimum Gasteiger partial charge on any atom is -0.466 e. The van der Waals surface area contributed by atoms with E-state index in [1.54, 1.807) is 26.8 Å². The van der Waals surface area contributed by atoms with Crippen LogP contribution in [0.25, 0.3) is 0 Å². The largest absolute Gasteiger partial charge is 0.466 e. The second-order valence-corrected chi connectivity index (χ2v) is 4.38. The lowest BCUT2D eigenvalue weighted by atomic mass is 10.1. The van der Waals surface area contributed by atoms with E-state index < -0.39 is 18.6 Å². The third-order valence-electron chi connectivity index (χ3n) is 2.53. The molecule has 7 heteroatoms. The molecule has 19 heavy (non-hydrogen) atoms. The summed E-state index contributed by atoms with van der Waals surface area (Å²) in [5.41, 5.74) is 0.821. The van der Waals surface area contributed by atoms with Gasteiger partial charge in [0.1, 0.15) is 11.5 Å². The van der Waals surface area contributed by atoms with E-state index in [0.29, 0.717) is 5.76 Å². The Kier molecular flexibility index (Phi) is 4.99. The van der Waals surface area contributed by atoms with Crippen LogP contribution in [0.3, 0.4) is 0 Å². The van der Waals surface area contributed by atoms with Crippen LogP contribution in [-0.4, -0.2) is 25.2 Å². The summed E-state index contributed by atoms with van der Waals surface area (Å²) in [6, 6.07) is 1.49. The fourth-order valence-corrected chi connectivity index (χ4v) is 1.77. The third kappa shape index (κ3) is 5.34. The van der Waals surface area contributed by atoms with Crippen molar-refractivity contribution in [2.45, 2.75) is 33.0 Å². The normalized spacial score (nSPS) is 13.4. The molecule has 0 spiro atoms. The molecule has 4 nitrogen and oxygen atoms in total. The summed E-state index contributed by atoms with van der Waals surface area (Å²) in [6.07, 6.45) is -4.32. The van der Waals surface area contributed by atoms with Gasteiger partial charge in [0.25, 0.3) is 0 Å². The summed E-state index contributed by atoms with van der Waals surface area (Å²) >= 11 is 0.